The lowest BCUT2D eigenvalue weighted by Crippen LogP contribution is -2.39. The smallest absolute Gasteiger partial charge is 0.260 e. The molecule has 0 aliphatic carbocycles. The number of nitrogens with zero attached hydrogens (tertiary/aromatic N) is 4. The number of amides is 1. The third-order valence-electron chi connectivity index (χ3n) is 4.12. The molecule has 6 nitrogen and oxygen atoms in total. The Hall–Kier alpha value is -3.02. The van der Waals surface area contributed by atoms with Crippen LogP contribution in [0.25, 0.3) is 10.9 Å². The summed E-state index contributed by atoms with van der Waals surface area (Å²) in [5.74, 6) is 0.316. The van der Waals surface area contributed by atoms with Crippen LogP contribution in [0.2, 0.25) is 0 Å². The molecule has 1 unspecified atom stereocenters. The second-order valence-electron chi connectivity index (χ2n) is 5.86. The molecule has 2 aromatic heterocycles. The number of ether oxygens (including phenoxy) is 1. The van der Waals surface area contributed by atoms with E-state index in [2.05, 4.69) is 15.0 Å². The summed E-state index contributed by atoms with van der Waals surface area (Å²) in [7, 11) is 1.78. The Morgan fingerprint density at radius 1 is 1.12 bits per heavy atom. The normalized spacial score (nSPS) is 11.9. The first-order chi connectivity index (χ1) is 12.1. The van der Waals surface area contributed by atoms with Crippen LogP contribution in [-0.4, -0.2) is 45.5 Å². The van der Waals surface area contributed by atoms with Crippen LogP contribution in [0.3, 0.4) is 0 Å². The van der Waals surface area contributed by atoms with Crippen LogP contribution in [-0.2, 0) is 11.2 Å². The van der Waals surface area contributed by atoms with Gasteiger partial charge in [-0.05, 0) is 31.2 Å². The molecule has 0 saturated heterocycles. The van der Waals surface area contributed by atoms with Crippen molar-refractivity contribution in [2.24, 2.45) is 0 Å². The maximum atomic E-state index is 12.4. The van der Waals surface area contributed by atoms with Gasteiger partial charge in [0.2, 0.25) is 5.88 Å². The number of carbonyl (C=O) groups excluding carboxylic acids is 1. The SMILES string of the molecule is CC(Cc1ccccn1)N(C)C(=O)COc1ncnc2ccccc12. The largest absolute Gasteiger partial charge is 0.467 e. The highest BCUT2D eigenvalue weighted by Crippen LogP contribution is 2.20. The molecule has 0 saturated carbocycles. The minimum absolute atomic E-state index is 0.0214. The van der Waals surface area contributed by atoms with Crippen LogP contribution in [0, 0.1) is 0 Å². The van der Waals surface area contributed by atoms with Crippen molar-refractivity contribution >= 4 is 16.8 Å². The molecule has 6 heteroatoms. The summed E-state index contributed by atoms with van der Waals surface area (Å²) in [6.07, 6.45) is 3.89. The predicted molar refractivity (Wildman–Crippen MR) is 95.2 cm³/mol. The first-order valence-electron chi connectivity index (χ1n) is 8.13. The van der Waals surface area contributed by atoms with E-state index in [-0.39, 0.29) is 18.6 Å². The van der Waals surface area contributed by atoms with Gasteiger partial charge in [0.05, 0.1) is 10.9 Å². The fraction of sp³-hybridized carbons (Fsp3) is 0.263. The Bertz CT molecular complexity index is 849. The third-order valence-corrected chi connectivity index (χ3v) is 4.12. The molecule has 0 spiro atoms. The van der Waals surface area contributed by atoms with Crippen molar-refractivity contribution in [1.29, 1.82) is 0 Å². The number of rotatable bonds is 6. The number of benzene rings is 1. The standard InChI is InChI=1S/C19H20N4O2/c1-14(11-15-7-5-6-10-20-15)23(2)18(24)12-25-19-16-8-3-4-9-17(16)21-13-22-19/h3-10,13-14H,11-12H2,1-2H3. The molecular formula is C19H20N4O2. The van der Waals surface area contributed by atoms with Crippen molar-refractivity contribution < 1.29 is 9.53 Å². The molecule has 1 aromatic carbocycles. The van der Waals surface area contributed by atoms with Gasteiger partial charge in [0, 0.05) is 31.4 Å². The van der Waals surface area contributed by atoms with E-state index in [9.17, 15) is 4.79 Å². The van der Waals surface area contributed by atoms with Gasteiger partial charge in [-0.25, -0.2) is 9.97 Å². The molecule has 1 atom stereocenters. The summed E-state index contributed by atoms with van der Waals surface area (Å²) in [6, 6.07) is 13.4. The van der Waals surface area contributed by atoms with Crippen LogP contribution in [0.5, 0.6) is 5.88 Å². The number of carbonyl (C=O) groups is 1. The summed E-state index contributed by atoms with van der Waals surface area (Å²) >= 11 is 0. The maximum absolute atomic E-state index is 12.4. The summed E-state index contributed by atoms with van der Waals surface area (Å²) < 4.78 is 5.64. The maximum Gasteiger partial charge on any atom is 0.260 e. The van der Waals surface area contributed by atoms with Gasteiger partial charge in [0.15, 0.2) is 6.61 Å². The van der Waals surface area contributed by atoms with E-state index in [1.54, 1.807) is 18.1 Å². The van der Waals surface area contributed by atoms with Crippen LogP contribution in [0.4, 0.5) is 0 Å². The third kappa shape index (κ3) is 4.09. The topological polar surface area (TPSA) is 68.2 Å². The van der Waals surface area contributed by atoms with Crippen LogP contribution >= 0.6 is 0 Å². The molecule has 0 fully saturated rings. The molecule has 0 aliphatic heterocycles. The lowest BCUT2D eigenvalue weighted by Gasteiger charge is -2.24. The number of pyridine rings is 1. The highest BCUT2D eigenvalue weighted by Gasteiger charge is 2.18. The van der Waals surface area contributed by atoms with Gasteiger partial charge in [-0.1, -0.05) is 18.2 Å². The predicted octanol–water partition coefficient (Wildman–Crippen LogP) is 2.49. The fourth-order valence-electron chi connectivity index (χ4n) is 2.53. The van der Waals surface area contributed by atoms with Gasteiger partial charge >= 0.3 is 0 Å². The molecule has 3 rings (SSSR count). The molecule has 0 aliphatic rings. The van der Waals surface area contributed by atoms with E-state index < -0.39 is 0 Å². The van der Waals surface area contributed by atoms with Gasteiger partial charge in [-0.3, -0.25) is 9.78 Å². The lowest BCUT2D eigenvalue weighted by molar-refractivity contribution is -0.133. The summed E-state index contributed by atoms with van der Waals surface area (Å²) in [5.41, 5.74) is 1.74. The monoisotopic (exact) mass is 336 g/mol. The van der Waals surface area contributed by atoms with E-state index in [0.717, 1.165) is 16.6 Å². The summed E-state index contributed by atoms with van der Waals surface area (Å²) in [6.45, 7) is 1.93. The quantitative estimate of drug-likeness (QED) is 0.692. The molecule has 1 amide bonds. The number of hydrogen-bond donors (Lipinski definition) is 0. The number of para-hydroxylation sites is 1. The minimum Gasteiger partial charge on any atom is -0.467 e. The van der Waals surface area contributed by atoms with Gasteiger partial charge in [0.1, 0.15) is 6.33 Å². The molecule has 3 aromatic rings. The van der Waals surface area contributed by atoms with Gasteiger partial charge in [-0.2, -0.15) is 0 Å². The summed E-state index contributed by atoms with van der Waals surface area (Å²) in [5, 5.41) is 0.794. The van der Waals surface area contributed by atoms with Crippen molar-refractivity contribution in [1.82, 2.24) is 19.9 Å². The van der Waals surface area contributed by atoms with Gasteiger partial charge in [0.25, 0.3) is 5.91 Å². The first kappa shape index (κ1) is 16.8. The lowest BCUT2D eigenvalue weighted by atomic mass is 10.1. The highest BCUT2D eigenvalue weighted by atomic mass is 16.5. The Balaban J connectivity index is 1.61. The molecular weight excluding hydrogens is 316 g/mol. The van der Waals surface area contributed by atoms with Crippen molar-refractivity contribution in [2.75, 3.05) is 13.7 Å². The average Bonchev–Trinajstić information content (AvgIpc) is 2.66. The first-order valence-corrected chi connectivity index (χ1v) is 8.13. The van der Waals surface area contributed by atoms with Crippen molar-refractivity contribution in [3.8, 4) is 5.88 Å². The molecule has 2 heterocycles. The zero-order valence-corrected chi connectivity index (χ0v) is 14.3. The molecule has 0 bridgehead atoms. The van der Waals surface area contributed by atoms with E-state index >= 15 is 0 Å². The molecule has 128 valence electrons. The Morgan fingerprint density at radius 2 is 1.92 bits per heavy atom. The van der Waals surface area contributed by atoms with E-state index in [4.69, 9.17) is 4.74 Å². The van der Waals surface area contributed by atoms with Crippen molar-refractivity contribution in [3.63, 3.8) is 0 Å². The minimum atomic E-state index is -0.105. The fourth-order valence-corrected chi connectivity index (χ4v) is 2.53. The summed E-state index contributed by atoms with van der Waals surface area (Å²) in [4.78, 5) is 26.7. The number of aromatic nitrogens is 3. The van der Waals surface area contributed by atoms with Crippen LogP contribution in [0.15, 0.2) is 55.0 Å². The Kier molecular flexibility index (Phi) is 5.18. The second-order valence-corrected chi connectivity index (χ2v) is 5.86. The van der Waals surface area contributed by atoms with E-state index in [1.807, 2.05) is 49.4 Å². The van der Waals surface area contributed by atoms with Crippen molar-refractivity contribution in [2.45, 2.75) is 19.4 Å². The number of fused-ring (bicyclic) bond motifs is 1. The highest BCUT2D eigenvalue weighted by molar-refractivity contribution is 5.84. The zero-order valence-electron chi connectivity index (χ0n) is 14.3. The average molecular weight is 336 g/mol. The van der Waals surface area contributed by atoms with E-state index in [0.29, 0.717) is 12.3 Å². The van der Waals surface area contributed by atoms with E-state index in [1.165, 1.54) is 6.33 Å². The molecule has 25 heavy (non-hydrogen) atoms. The second kappa shape index (κ2) is 7.70. The van der Waals surface area contributed by atoms with Crippen molar-refractivity contribution in [3.05, 3.63) is 60.7 Å². The zero-order chi connectivity index (χ0) is 17.6. The molecule has 0 N–H and O–H groups in total. The Labute approximate surface area is 146 Å². The Morgan fingerprint density at radius 3 is 2.72 bits per heavy atom. The number of hydrogen-bond acceptors (Lipinski definition) is 5. The number of likely N-dealkylation sites (N-methyl/N-ethyl adjacent to an activating group) is 1. The van der Waals surface area contributed by atoms with Crippen LogP contribution < -0.4 is 4.74 Å². The van der Waals surface area contributed by atoms with Gasteiger partial charge in [-0.15, -0.1) is 0 Å². The molecule has 0 radical (unpaired) electrons. The van der Waals surface area contributed by atoms with Gasteiger partial charge < -0.3 is 9.64 Å². The van der Waals surface area contributed by atoms with Crippen LogP contribution in [0.1, 0.15) is 12.6 Å².